The molecule has 0 aliphatic heterocycles. The standard InChI is InChI=1S/C16H25NO2/c1-16(2,19-4)11-17-14-8-13(9-14)12-6-5-7-15(10-12)18-3/h5-7,10,13-14,17H,8-9,11H2,1-4H3. The van der Waals surface area contributed by atoms with E-state index in [1.807, 2.05) is 6.07 Å². The molecule has 0 amide bonds. The van der Waals surface area contributed by atoms with E-state index in [0.717, 1.165) is 12.3 Å². The van der Waals surface area contributed by atoms with Crippen molar-refractivity contribution in [2.24, 2.45) is 0 Å². The van der Waals surface area contributed by atoms with Crippen LogP contribution in [0.2, 0.25) is 0 Å². The molecule has 0 aromatic heterocycles. The summed E-state index contributed by atoms with van der Waals surface area (Å²) in [5.41, 5.74) is 1.31. The van der Waals surface area contributed by atoms with Crippen LogP contribution in [0.1, 0.15) is 38.2 Å². The molecule has 1 aromatic rings. The van der Waals surface area contributed by atoms with Crippen molar-refractivity contribution in [3.8, 4) is 5.75 Å². The van der Waals surface area contributed by atoms with Crippen molar-refractivity contribution in [2.75, 3.05) is 20.8 Å². The predicted octanol–water partition coefficient (Wildman–Crippen LogP) is 2.96. The minimum Gasteiger partial charge on any atom is -0.497 e. The van der Waals surface area contributed by atoms with Gasteiger partial charge in [0, 0.05) is 19.7 Å². The largest absolute Gasteiger partial charge is 0.497 e. The van der Waals surface area contributed by atoms with Crippen molar-refractivity contribution >= 4 is 0 Å². The lowest BCUT2D eigenvalue weighted by Gasteiger charge is -2.38. The molecular formula is C16H25NO2. The van der Waals surface area contributed by atoms with Crippen molar-refractivity contribution in [2.45, 2.75) is 44.2 Å². The van der Waals surface area contributed by atoms with E-state index < -0.39 is 0 Å². The lowest BCUT2D eigenvalue weighted by atomic mass is 9.75. The number of methoxy groups -OCH3 is 2. The average molecular weight is 263 g/mol. The van der Waals surface area contributed by atoms with Gasteiger partial charge in [-0.3, -0.25) is 0 Å². The van der Waals surface area contributed by atoms with Crippen molar-refractivity contribution in [1.29, 1.82) is 0 Å². The molecule has 3 heteroatoms. The topological polar surface area (TPSA) is 30.5 Å². The molecule has 1 fully saturated rings. The number of rotatable bonds is 6. The number of hydrogen-bond donors (Lipinski definition) is 1. The molecule has 0 heterocycles. The van der Waals surface area contributed by atoms with Crippen LogP contribution >= 0.6 is 0 Å². The number of nitrogens with one attached hydrogen (secondary N) is 1. The Balaban J connectivity index is 1.79. The molecule has 1 saturated carbocycles. The Hall–Kier alpha value is -1.06. The van der Waals surface area contributed by atoms with Crippen LogP contribution in [0.5, 0.6) is 5.75 Å². The molecule has 19 heavy (non-hydrogen) atoms. The maximum atomic E-state index is 5.42. The molecule has 0 radical (unpaired) electrons. The second kappa shape index (κ2) is 5.93. The van der Waals surface area contributed by atoms with Gasteiger partial charge in [0.05, 0.1) is 12.7 Å². The summed E-state index contributed by atoms with van der Waals surface area (Å²) in [5.74, 6) is 1.62. The molecule has 0 atom stereocenters. The smallest absolute Gasteiger partial charge is 0.119 e. The van der Waals surface area contributed by atoms with Gasteiger partial charge >= 0.3 is 0 Å². The van der Waals surface area contributed by atoms with Crippen LogP contribution in [0, 0.1) is 0 Å². The van der Waals surface area contributed by atoms with E-state index in [1.54, 1.807) is 14.2 Å². The SMILES string of the molecule is COc1cccc(C2CC(NCC(C)(C)OC)C2)c1. The third-order valence-corrected chi connectivity index (χ3v) is 4.07. The molecule has 0 saturated heterocycles. The van der Waals surface area contributed by atoms with Gasteiger partial charge in [-0.1, -0.05) is 12.1 Å². The van der Waals surface area contributed by atoms with Crippen molar-refractivity contribution in [3.05, 3.63) is 29.8 Å². The van der Waals surface area contributed by atoms with Crippen LogP contribution in [0.4, 0.5) is 0 Å². The minimum absolute atomic E-state index is 0.0823. The van der Waals surface area contributed by atoms with Gasteiger partial charge in [-0.05, 0) is 50.3 Å². The first-order chi connectivity index (χ1) is 9.04. The Morgan fingerprint density at radius 1 is 1.26 bits per heavy atom. The second-order valence-electron chi connectivity index (χ2n) is 5.99. The summed E-state index contributed by atoms with van der Waals surface area (Å²) >= 11 is 0. The highest BCUT2D eigenvalue weighted by atomic mass is 16.5. The zero-order valence-corrected chi connectivity index (χ0v) is 12.4. The summed E-state index contributed by atoms with van der Waals surface area (Å²) in [6, 6.07) is 9.04. The lowest BCUT2D eigenvalue weighted by molar-refractivity contribution is 0.0180. The molecule has 1 aliphatic carbocycles. The van der Waals surface area contributed by atoms with E-state index in [2.05, 4.69) is 37.4 Å². The van der Waals surface area contributed by atoms with Crippen LogP contribution in [-0.2, 0) is 4.74 Å². The highest BCUT2D eigenvalue weighted by molar-refractivity contribution is 5.32. The Kier molecular flexibility index (Phi) is 4.48. The van der Waals surface area contributed by atoms with Crippen LogP contribution in [0.3, 0.4) is 0 Å². The molecule has 2 rings (SSSR count). The monoisotopic (exact) mass is 263 g/mol. The highest BCUT2D eigenvalue weighted by Crippen LogP contribution is 2.38. The van der Waals surface area contributed by atoms with Crippen LogP contribution in [0.15, 0.2) is 24.3 Å². The molecule has 0 spiro atoms. The minimum atomic E-state index is -0.0823. The third kappa shape index (κ3) is 3.71. The van der Waals surface area contributed by atoms with E-state index in [-0.39, 0.29) is 5.60 Å². The van der Waals surface area contributed by atoms with Gasteiger partial charge in [-0.2, -0.15) is 0 Å². The van der Waals surface area contributed by atoms with Gasteiger partial charge in [0.25, 0.3) is 0 Å². The summed E-state index contributed by atoms with van der Waals surface area (Å²) in [5, 5.41) is 3.58. The Morgan fingerprint density at radius 3 is 2.63 bits per heavy atom. The molecule has 106 valence electrons. The van der Waals surface area contributed by atoms with Crippen molar-refractivity contribution in [1.82, 2.24) is 5.32 Å². The van der Waals surface area contributed by atoms with Gasteiger partial charge in [0.2, 0.25) is 0 Å². The van der Waals surface area contributed by atoms with Gasteiger partial charge in [-0.15, -0.1) is 0 Å². The number of benzene rings is 1. The van der Waals surface area contributed by atoms with Gasteiger partial charge < -0.3 is 14.8 Å². The fourth-order valence-electron chi connectivity index (χ4n) is 2.41. The van der Waals surface area contributed by atoms with E-state index in [0.29, 0.717) is 12.0 Å². The average Bonchev–Trinajstić information content (AvgIpc) is 2.37. The highest BCUT2D eigenvalue weighted by Gasteiger charge is 2.31. The van der Waals surface area contributed by atoms with Crippen molar-refractivity contribution < 1.29 is 9.47 Å². The van der Waals surface area contributed by atoms with E-state index in [4.69, 9.17) is 9.47 Å². The molecule has 1 aromatic carbocycles. The second-order valence-corrected chi connectivity index (χ2v) is 5.99. The van der Waals surface area contributed by atoms with Gasteiger partial charge in [-0.25, -0.2) is 0 Å². The molecule has 1 aliphatic rings. The molecule has 3 nitrogen and oxygen atoms in total. The Bertz CT molecular complexity index is 411. The summed E-state index contributed by atoms with van der Waals surface area (Å²) < 4.78 is 10.7. The summed E-state index contributed by atoms with van der Waals surface area (Å²) in [6.07, 6.45) is 2.40. The van der Waals surface area contributed by atoms with E-state index in [9.17, 15) is 0 Å². The molecule has 1 N–H and O–H groups in total. The van der Waals surface area contributed by atoms with Crippen LogP contribution in [-0.4, -0.2) is 32.4 Å². The zero-order valence-electron chi connectivity index (χ0n) is 12.4. The maximum absolute atomic E-state index is 5.42. The first-order valence-electron chi connectivity index (χ1n) is 6.96. The maximum Gasteiger partial charge on any atom is 0.119 e. The Morgan fingerprint density at radius 2 is 2.00 bits per heavy atom. The normalized spacial score (nSPS) is 22.9. The number of ether oxygens (including phenoxy) is 2. The van der Waals surface area contributed by atoms with Crippen LogP contribution < -0.4 is 10.1 Å². The fourth-order valence-corrected chi connectivity index (χ4v) is 2.41. The van der Waals surface area contributed by atoms with Gasteiger partial charge in [0.1, 0.15) is 5.75 Å². The Labute approximate surface area is 116 Å². The molecule has 0 unspecified atom stereocenters. The van der Waals surface area contributed by atoms with E-state index in [1.165, 1.54) is 18.4 Å². The molecular weight excluding hydrogens is 238 g/mol. The zero-order chi connectivity index (χ0) is 13.9. The summed E-state index contributed by atoms with van der Waals surface area (Å²) in [6.45, 7) is 5.12. The first-order valence-corrected chi connectivity index (χ1v) is 6.96. The molecule has 0 bridgehead atoms. The fraction of sp³-hybridized carbons (Fsp3) is 0.625. The van der Waals surface area contributed by atoms with Crippen LogP contribution in [0.25, 0.3) is 0 Å². The first kappa shape index (κ1) is 14.4. The predicted molar refractivity (Wildman–Crippen MR) is 77.8 cm³/mol. The van der Waals surface area contributed by atoms with Crippen molar-refractivity contribution in [3.63, 3.8) is 0 Å². The third-order valence-electron chi connectivity index (χ3n) is 4.07. The summed E-state index contributed by atoms with van der Waals surface area (Å²) in [4.78, 5) is 0. The van der Waals surface area contributed by atoms with Gasteiger partial charge in [0.15, 0.2) is 0 Å². The number of hydrogen-bond acceptors (Lipinski definition) is 3. The quantitative estimate of drug-likeness (QED) is 0.856. The lowest BCUT2D eigenvalue weighted by Crippen LogP contribution is -2.46. The summed E-state index contributed by atoms with van der Waals surface area (Å²) in [7, 11) is 3.48. The van der Waals surface area contributed by atoms with E-state index >= 15 is 0 Å².